The summed E-state index contributed by atoms with van der Waals surface area (Å²) in [6.45, 7) is 4.03. The van der Waals surface area contributed by atoms with Gasteiger partial charge in [0.25, 0.3) is 5.56 Å². The van der Waals surface area contributed by atoms with Gasteiger partial charge < -0.3 is 10.1 Å². The molecule has 0 saturated heterocycles. The fourth-order valence-electron chi connectivity index (χ4n) is 2.47. The summed E-state index contributed by atoms with van der Waals surface area (Å²) < 4.78 is 6.68. The summed E-state index contributed by atoms with van der Waals surface area (Å²) in [4.78, 5) is 12.9. The average Bonchev–Trinajstić information content (AvgIpc) is 2.73. The summed E-state index contributed by atoms with van der Waals surface area (Å²) in [5, 5.41) is 12.6. The van der Waals surface area contributed by atoms with Crippen molar-refractivity contribution in [1.29, 1.82) is 0 Å². The first-order valence-electron chi connectivity index (χ1n) is 8.58. The summed E-state index contributed by atoms with van der Waals surface area (Å²) >= 11 is 13.6. The molecule has 0 fully saturated rings. The zero-order chi connectivity index (χ0) is 20.8. The third kappa shape index (κ3) is 5.32. The predicted octanol–water partition coefficient (Wildman–Crippen LogP) is 5.18. The lowest BCUT2D eigenvalue weighted by atomic mass is 10.2. The Morgan fingerprint density at radius 3 is 2.66 bits per heavy atom. The number of rotatable bonds is 8. The Morgan fingerprint density at radius 1 is 1.21 bits per heavy atom. The Kier molecular flexibility index (Phi) is 7.19. The lowest BCUT2D eigenvalue weighted by molar-refractivity contribution is 0.414. The molecule has 0 atom stereocenters. The summed E-state index contributed by atoms with van der Waals surface area (Å²) in [6, 6.07) is 12.6. The number of hydrogen-bond acceptors (Lipinski definition) is 6. The molecule has 3 rings (SSSR count). The largest absolute Gasteiger partial charge is 0.497 e. The molecular formula is C20H18Cl2N4O2S. The van der Waals surface area contributed by atoms with E-state index in [0.29, 0.717) is 33.2 Å². The van der Waals surface area contributed by atoms with Crippen LogP contribution in [0, 0.1) is 0 Å². The highest BCUT2D eigenvalue weighted by molar-refractivity contribution is 7.98. The number of nitrogens with zero attached hydrogens (tertiary/aromatic N) is 3. The second-order valence-corrected chi connectivity index (χ2v) is 7.71. The molecule has 1 N–H and O–H groups in total. The minimum atomic E-state index is -0.326. The van der Waals surface area contributed by atoms with Crippen LogP contribution in [0.15, 0.2) is 65.1 Å². The smallest absolute Gasteiger partial charge is 0.297 e. The molecule has 150 valence electrons. The molecule has 3 aromatic rings. The van der Waals surface area contributed by atoms with Crippen LogP contribution < -0.4 is 15.6 Å². The molecule has 0 bridgehead atoms. The van der Waals surface area contributed by atoms with Gasteiger partial charge in [-0.3, -0.25) is 9.36 Å². The van der Waals surface area contributed by atoms with Gasteiger partial charge in [-0.05, 0) is 35.9 Å². The van der Waals surface area contributed by atoms with Crippen molar-refractivity contribution in [3.8, 4) is 5.75 Å². The third-order valence-corrected chi connectivity index (χ3v) is 5.54. The number of benzene rings is 2. The van der Waals surface area contributed by atoms with Crippen molar-refractivity contribution < 1.29 is 4.74 Å². The maximum Gasteiger partial charge on any atom is 0.297 e. The highest BCUT2D eigenvalue weighted by Crippen LogP contribution is 2.27. The molecule has 0 spiro atoms. The van der Waals surface area contributed by atoms with Crippen LogP contribution in [0.2, 0.25) is 10.0 Å². The summed E-state index contributed by atoms with van der Waals surface area (Å²) in [5.74, 6) is 1.48. The molecule has 29 heavy (non-hydrogen) atoms. The molecule has 0 saturated carbocycles. The Balaban J connectivity index is 1.84. The zero-order valence-electron chi connectivity index (χ0n) is 15.6. The quantitative estimate of drug-likeness (QED) is 0.378. The van der Waals surface area contributed by atoms with Crippen LogP contribution in [0.25, 0.3) is 0 Å². The number of thioether (sulfide) groups is 1. The van der Waals surface area contributed by atoms with Crippen LogP contribution in [0.3, 0.4) is 0 Å². The van der Waals surface area contributed by atoms with E-state index in [0.717, 1.165) is 11.3 Å². The second-order valence-electron chi connectivity index (χ2n) is 5.92. The van der Waals surface area contributed by atoms with Crippen molar-refractivity contribution >= 4 is 46.5 Å². The van der Waals surface area contributed by atoms with Crippen molar-refractivity contribution in [3.05, 3.63) is 81.1 Å². The van der Waals surface area contributed by atoms with E-state index in [2.05, 4.69) is 22.1 Å². The normalized spacial score (nSPS) is 10.6. The van der Waals surface area contributed by atoms with E-state index in [1.54, 1.807) is 31.4 Å². The molecule has 2 aromatic carbocycles. The maximum absolute atomic E-state index is 12.9. The Morgan fingerprint density at radius 2 is 1.97 bits per heavy atom. The van der Waals surface area contributed by atoms with Gasteiger partial charge in [0.05, 0.1) is 17.8 Å². The number of allylic oxidation sites excluding steroid dienone is 1. The number of methoxy groups -OCH3 is 1. The molecule has 1 aromatic heterocycles. The molecule has 6 nitrogen and oxygen atoms in total. The first kappa shape index (κ1) is 21.2. The molecule has 0 radical (unpaired) electrons. The lowest BCUT2D eigenvalue weighted by Gasteiger charge is -2.12. The van der Waals surface area contributed by atoms with E-state index in [-0.39, 0.29) is 11.4 Å². The van der Waals surface area contributed by atoms with Gasteiger partial charge in [0.15, 0.2) is 5.16 Å². The summed E-state index contributed by atoms with van der Waals surface area (Å²) in [7, 11) is 1.62. The van der Waals surface area contributed by atoms with Gasteiger partial charge in [0.1, 0.15) is 5.75 Å². The van der Waals surface area contributed by atoms with Gasteiger partial charge in [-0.25, -0.2) is 0 Å². The van der Waals surface area contributed by atoms with Gasteiger partial charge >= 0.3 is 0 Å². The maximum atomic E-state index is 12.9. The van der Waals surface area contributed by atoms with Gasteiger partial charge in [-0.2, -0.15) is 0 Å². The minimum Gasteiger partial charge on any atom is -0.497 e. The summed E-state index contributed by atoms with van der Waals surface area (Å²) in [6.07, 6.45) is 1.64. The molecule has 9 heteroatoms. The van der Waals surface area contributed by atoms with E-state index < -0.39 is 0 Å². The molecule has 0 aliphatic carbocycles. The SMILES string of the molecule is C=CCn1c(SCc2ccc(OC)cc2)nnc(Nc2cc(Cl)ccc2Cl)c1=O. The topological polar surface area (TPSA) is 69.0 Å². The van der Waals surface area contributed by atoms with Crippen LogP contribution in [-0.2, 0) is 12.3 Å². The molecule has 0 aliphatic rings. The number of ether oxygens (including phenoxy) is 1. The van der Waals surface area contributed by atoms with Crippen LogP contribution in [0.5, 0.6) is 5.75 Å². The number of hydrogen-bond donors (Lipinski definition) is 1. The van der Waals surface area contributed by atoms with E-state index in [1.807, 2.05) is 24.3 Å². The molecule has 1 heterocycles. The fraction of sp³-hybridized carbons (Fsp3) is 0.150. The zero-order valence-corrected chi connectivity index (χ0v) is 17.9. The van der Waals surface area contributed by atoms with E-state index in [4.69, 9.17) is 27.9 Å². The van der Waals surface area contributed by atoms with Crippen molar-refractivity contribution in [3.63, 3.8) is 0 Å². The molecular weight excluding hydrogens is 431 g/mol. The number of aromatic nitrogens is 3. The monoisotopic (exact) mass is 448 g/mol. The first-order valence-corrected chi connectivity index (χ1v) is 10.3. The van der Waals surface area contributed by atoms with Gasteiger partial charge in [0, 0.05) is 17.3 Å². The van der Waals surface area contributed by atoms with Crippen molar-refractivity contribution in [2.75, 3.05) is 12.4 Å². The van der Waals surface area contributed by atoms with E-state index in [1.165, 1.54) is 16.3 Å². The van der Waals surface area contributed by atoms with Gasteiger partial charge in [-0.15, -0.1) is 16.8 Å². The van der Waals surface area contributed by atoms with Gasteiger partial charge in [-0.1, -0.05) is 53.2 Å². The second kappa shape index (κ2) is 9.82. The predicted molar refractivity (Wildman–Crippen MR) is 119 cm³/mol. The Labute approximate surface area is 182 Å². The van der Waals surface area contributed by atoms with Crippen LogP contribution in [0.4, 0.5) is 11.5 Å². The highest BCUT2D eigenvalue weighted by Gasteiger charge is 2.14. The Hall–Kier alpha value is -2.48. The van der Waals surface area contributed by atoms with Crippen LogP contribution in [-0.4, -0.2) is 21.9 Å². The van der Waals surface area contributed by atoms with Crippen molar-refractivity contribution in [2.24, 2.45) is 0 Å². The lowest BCUT2D eigenvalue weighted by Crippen LogP contribution is -2.26. The van der Waals surface area contributed by atoms with E-state index in [9.17, 15) is 4.79 Å². The standard InChI is InChI=1S/C20H18Cl2N4O2S/c1-3-10-26-19(27)18(23-17-11-14(21)6-9-16(17)22)24-25-20(26)29-12-13-4-7-15(28-2)8-5-13/h3-9,11H,1,10,12H2,2H3,(H,23,24). The first-order chi connectivity index (χ1) is 14.0. The van der Waals surface area contributed by atoms with Crippen LogP contribution in [0.1, 0.15) is 5.56 Å². The molecule has 0 amide bonds. The fourth-order valence-corrected chi connectivity index (χ4v) is 3.71. The minimum absolute atomic E-state index is 0.0600. The number of halogens is 2. The number of anilines is 2. The highest BCUT2D eigenvalue weighted by atomic mass is 35.5. The van der Waals surface area contributed by atoms with Crippen LogP contribution >= 0.6 is 35.0 Å². The number of nitrogens with one attached hydrogen (secondary N) is 1. The summed E-state index contributed by atoms with van der Waals surface area (Å²) in [5.41, 5.74) is 1.23. The van der Waals surface area contributed by atoms with E-state index >= 15 is 0 Å². The van der Waals surface area contributed by atoms with Crippen molar-refractivity contribution in [2.45, 2.75) is 17.5 Å². The molecule has 0 aliphatic heterocycles. The molecule has 0 unspecified atom stereocenters. The average molecular weight is 449 g/mol. The van der Waals surface area contributed by atoms with Crippen molar-refractivity contribution in [1.82, 2.24) is 14.8 Å². The van der Waals surface area contributed by atoms with Gasteiger partial charge in [0.2, 0.25) is 5.82 Å². The third-order valence-electron chi connectivity index (χ3n) is 3.93. The Bertz CT molecular complexity index is 1070.